The third-order valence-corrected chi connectivity index (χ3v) is 5.70. The molecular formula is C22H18F22O6. The van der Waals surface area contributed by atoms with E-state index in [2.05, 4.69) is 17.9 Å². The molecule has 0 aromatic carbocycles. The molecule has 50 heavy (non-hydrogen) atoms. The van der Waals surface area contributed by atoms with Crippen molar-refractivity contribution < 1.29 is 126 Å². The van der Waals surface area contributed by atoms with Gasteiger partial charge in [0.05, 0.1) is 12.2 Å². The molecule has 3 N–H and O–H groups in total. The molecule has 0 aliphatic carbocycles. The van der Waals surface area contributed by atoms with Crippen LogP contribution in [0.4, 0.5) is 96.6 Å². The molecule has 2 atom stereocenters. The molecule has 0 saturated heterocycles. The lowest BCUT2D eigenvalue weighted by atomic mass is 9.87. The summed E-state index contributed by atoms with van der Waals surface area (Å²) in [5.41, 5.74) is -16.3. The number of hydrogen-bond donors (Lipinski definition) is 3. The Kier molecular flexibility index (Phi) is 14.9. The van der Waals surface area contributed by atoms with Crippen LogP contribution in [0.3, 0.4) is 0 Å². The normalized spacial score (nSPS) is 15.8. The van der Waals surface area contributed by atoms with Crippen molar-refractivity contribution in [1.82, 2.24) is 0 Å². The van der Waals surface area contributed by atoms with Gasteiger partial charge in [0.25, 0.3) is 0 Å². The van der Waals surface area contributed by atoms with E-state index in [-0.39, 0.29) is 0 Å². The molecule has 296 valence electrons. The highest BCUT2D eigenvalue weighted by molar-refractivity contribution is 5.85. The summed E-state index contributed by atoms with van der Waals surface area (Å²) in [7, 11) is 0. The zero-order chi connectivity index (χ0) is 41.1. The number of halogens is 22. The SMILES string of the molecule is C=C(CC(O)CC(F)(F)C(F)(F)C(F)(C(F)(F)F)C(F)(F)F)C(=O)O.C=CC(=O)OCC(O)CC(F)(F)C(F)(F)C(F)(C(F)(F)F)C(F)(F)F. The van der Waals surface area contributed by atoms with E-state index in [0.29, 0.717) is 6.08 Å². The van der Waals surface area contributed by atoms with Gasteiger partial charge < -0.3 is 20.1 Å². The van der Waals surface area contributed by atoms with Crippen LogP contribution < -0.4 is 0 Å². The number of aliphatic carboxylic acids is 1. The van der Waals surface area contributed by atoms with Gasteiger partial charge in [0.1, 0.15) is 6.61 Å². The molecule has 0 aromatic rings. The van der Waals surface area contributed by atoms with Gasteiger partial charge in [0.15, 0.2) is 0 Å². The lowest BCUT2D eigenvalue weighted by molar-refractivity contribution is -0.428. The van der Waals surface area contributed by atoms with Gasteiger partial charge in [-0.15, -0.1) is 0 Å². The fourth-order valence-corrected chi connectivity index (χ4v) is 3.13. The van der Waals surface area contributed by atoms with Crippen molar-refractivity contribution in [3.63, 3.8) is 0 Å². The largest absolute Gasteiger partial charge is 0.478 e. The summed E-state index contributed by atoms with van der Waals surface area (Å²) in [5, 5.41) is 26.3. The molecule has 6 nitrogen and oxygen atoms in total. The van der Waals surface area contributed by atoms with E-state index in [1.165, 1.54) is 0 Å². The van der Waals surface area contributed by atoms with Crippen molar-refractivity contribution in [2.24, 2.45) is 0 Å². The maximum atomic E-state index is 13.3. The number of carbonyl (C=O) groups is 2. The highest BCUT2D eigenvalue weighted by Crippen LogP contribution is 2.61. The Hall–Kier alpha value is -3.20. The number of carbonyl (C=O) groups excluding carboxylic acids is 1. The van der Waals surface area contributed by atoms with Crippen molar-refractivity contribution in [2.75, 3.05) is 6.61 Å². The first-order chi connectivity index (χ1) is 21.6. The third-order valence-electron chi connectivity index (χ3n) is 5.70. The first-order valence-electron chi connectivity index (χ1n) is 11.8. The summed E-state index contributed by atoms with van der Waals surface area (Å²) in [6, 6.07) is 0. The molecule has 0 spiro atoms. The summed E-state index contributed by atoms with van der Waals surface area (Å²) in [5.74, 6) is -30.6. The van der Waals surface area contributed by atoms with Crippen molar-refractivity contribution in [3.05, 3.63) is 24.8 Å². The molecule has 0 amide bonds. The first kappa shape index (κ1) is 48.9. The first-order valence-corrected chi connectivity index (χ1v) is 11.8. The van der Waals surface area contributed by atoms with E-state index < -0.39 is 115 Å². The molecule has 0 heterocycles. The zero-order valence-corrected chi connectivity index (χ0v) is 23.4. The van der Waals surface area contributed by atoms with Crippen LogP contribution in [0.5, 0.6) is 0 Å². The van der Waals surface area contributed by atoms with E-state index >= 15 is 0 Å². The van der Waals surface area contributed by atoms with E-state index in [9.17, 15) is 106 Å². The van der Waals surface area contributed by atoms with Gasteiger partial charge in [-0.05, 0) is 0 Å². The minimum absolute atomic E-state index is 0.430. The van der Waals surface area contributed by atoms with E-state index in [0.717, 1.165) is 0 Å². The van der Waals surface area contributed by atoms with Gasteiger partial charge in [0.2, 0.25) is 0 Å². The van der Waals surface area contributed by atoms with E-state index in [1.54, 1.807) is 0 Å². The molecule has 0 aromatic heterocycles. The predicted octanol–water partition coefficient (Wildman–Crippen LogP) is 7.44. The van der Waals surface area contributed by atoms with Crippen LogP contribution in [-0.4, -0.2) is 106 Å². The topological polar surface area (TPSA) is 104 Å². The molecule has 0 aliphatic rings. The highest BCUT2D eigenvalue weighted by atomic mass is 19.4. The number of hydrogen-bond acceptors (Lipinski definition) is 5. The predicted molar refractivity (Wildman–Crippen MR) is 115 cm³/mol. The number of esters is 1. The van der Waals surface area contributed by atoms with Gasteiger partial charge in [0, 0.05) is 30.9 Å². The summed E-state index contributed by atoms with van der Waals surface area (Å²) in [4.78, 5) is 20.9. The van der Waals surface area contributed by atoms with Crippen molar-refractivity contribution in [1.29, 1.82) is 0 Å². The maximum absolute atomic E-state index is 13.3. The van der Waals surface area contributed by atoms with Crippen LogP contribution in [0.1, 0.15) is 19.3 Å². The number of alkyl halides is 22. The van der Waals surface area contributed by atoms with Gasteiger partial charge in [-0.1, -0.05) is 13.2 Å². The minimum Gasteiger partial charge on any atom is -0.478 e. The molecule has 0 rings (SSSR count). The monoisotopic (exact) mass is 796 g/mol. The van der Waals surface area contributed by atoms with Crippen LogP contribution >= 0.6 is 0 Å². The molecule has 2 unspecified atom stereocenters. The Bertz CT molecular complexity index is 1170. The lowest BCUT2D eigenvalue weighted by Gasteiger charge is -2.40. The maximum Gasteiger partial charge on any atom is 0.438 e. The van der Waals surface area contributed by atoms with Gasteiger partial charge in [-0.25, -0.2) is 18.4 Å². The van der Waals surface area contributed by atoms with Crippen LogP contribution in [0.15, 0.2) is 24.8 Å². The van der Waals surface area contributed by atoms with Crippen molar-refractivity contribution in [2.45, 2.75) is 91.2 Å². The molecule has 0 saturated carbocycles. The quantitative estimate of drug-likeness (QED) is 0.0960. The molecule has 0 aliphatic heterocycles. The molecule has 0 radical (unpaired) electrons. The summed E-state index contributed by atoms with van der Waals surface area (Å²) in [6.45, 7) is 4.01. The lowest BCUT2D eigenvalue weighted by Crippen LogP contribution is -2.70. The summed E-state index contributed by atoms with van der Waals surface area (Å²) in [6.07, 6.45) is -42.0. The molecule has 28 heteroatoms. The fourth-order valence-electron chi connectivity index (χ4n) is 3.13. The molecule has 0 fully saturated rings. The smallest absolute Gasteiger partial charge is 0.438 e. The average molecular weight is 796 g/mol. The van der Waals surface area contributed by atoms with Crippen LogP contribution in [0, 0.1) is 0 Å². The Morgan fingerprint density at radius 1 is 0.580 bits per heavy atom. The van der Waals surface area contributed by atoms with Gasteiger partial charge in [-0.3, -0.25) is 0 Å². The second-order valence-electron chi connectivity index (χ2n) is 9.53. The number of carboxylic acid groups (broad SMARTS) is 1. The summed E-state index contributed by atoms with van der Waals surface area (Å²) >= 11 is 0. The number of aliphatic hydroxyl groups excluding tert-OH is 2. The van der Waals surface area contributed by atoms with E-state index in [4.69, 9.17) is 15.3 Å². The van der Waals surface area contributed by atoms with Crippen molar-refractivity contribution in [3.8, 4) is 0 Å². The average Bonchev–Trinajstić information content (AvgIpc) is 2.87. The van der Waals surface area contributed by atoms with E-state index in [1.807, 2.05) is 0 Å². The second-order valence-corrected chi connectivity index (χ2v) is 9.53. The Labute approximate surface area is 261 Å². The Morgan fingerprint density at radius 2 is 0.860 bits per heavy atom. The van der Waals surface area contributed by atoms with Gasteiger partial charge in [-0.2, -0.15) is 87.8 Å². The van der Waals surface area contributed by atoms with Crippen molar-refractivity contribution >= 4 is 11.9 Å². The second kappa shape index (κ2) is 15.2. The Morgan fingerprint density at radius 3 is 1.10 bits per heavy atom. The molecule has 0 bridgehead atoms. The third kappa shape index (κ3) is 9.77. The van der Waals surface area contributed by atoms with Crippen LogP contribution in [-0.2, 0) is 14.3 Å². The number of carboxylic acids is 1. The van der Waals surface area contributed by atoms with Crippen LogP contribution in [0.2, 0.25) is 0 Å². The highest BCUT2D eigenvalue weighted by Gasteiger charge is 2.91. The fraction of sp³-hybridized carbons (Fsp3) is 0.727. The minimum atomic E-state index is -7.61. The van der Waals surface area contributed by atoms with Crippen LogP contribution in [0.25, 0.3) is 0 Å². The number of aliphatic hydroxyl groups is 2. The molecular weight excluding hydrogens is 778 g/mol. The number of ether oxygens (including phenoxy) is 1. The standard InChI is InChI=1S/2C11H9F11O3/c1-4(6(24)25)2-5(23)3-7(12,13)9(15,16)8(14,10(17,18)19)11(20,21)22;1-2-6(24)25-4-5(23)3-7(12,13)9(15,16)8(14,10(17,18)19)11(20,21)22/h5,23H,1-3H2,(H,24,25);2,5,23H,1,3-4H2. The number of rotatable bonds is 14. The Balaban J connectivity index is 0. The summed E-state index contributed by atoms with van der Waals surface area (Å²) < 4.78 is 283. The zero-order valence-electron chi connectivity index (χ0n) is 23.4. The van der Waals surface area contributed by atoms with Gasteiger partial charge >= 0.3 is 71.7 Å².